The van der Waals surface area contributed by atoms with Gasteiger partial charge in [-0.15, -0.1) is 0 Å². The first-order valence-corrected chi connectivity index (χ1v) is 8.34. The number of nitrogens with zero attached hydrogens (tertiary/aromatic N) is 2. The smallest absolute Gasteiger partial charge is 0.276 e. The van der Waals surface area contributed by atoms with Crippen LogP contribution in [0.25, 0.3) is 0 Å². The van der Waals surface area contributed by atoms with Crippen LogP contribution in [0.3, 0.4) is 0 Å². The monoisotopic (exact) mass is 361 g/mol. The molecule has 0 saturated heterocycles. The quantitative estimate of drug-likeness (QED) is 0.753. The summed E-state index contributed by atoms with van der Waals surface area (Å²) in [6, 6.07) is 21.0. The maximum Gasteiger partial charge on any atom is 0.276 e. The molecule has 3 aromatic rings. The minimum absolute atomic E-state index is 0.165. The van der Waals surface area contributed by atoms with Gasteiger partial charge in [-0.3, -0.25) is 9.59 Å². The second kappa shape index (κ2) is 8.14. The van der Waals surface area contributed by atoms with Crippen molar-refractivity contribution in [3.63, 3.8) is 0 Å². The number of hydrogen-bond donors (Lipinski definition) is 1. The molecule has 0 saturated carbocycles. The standard InChI is InChI=1S/C21H19N3O3/c1-24(16-7-4-3-5-8-16)21(26)19-10-6-9-18(23-19)20(25)22-15-11-13-17(27-2)14-12-15/h3-14H,1-2H3,(H,22,25). The number of hydrogen-bond acceptors (Lipinski definition) is 4. The van der Waals surface area contributed by atoms with Crippen LogP contribution in [0.5, 0.6) is 5.75 Å². The molecule has 0 atom stereocenters. The third-order valence-corrected chi connectivity index (χ3v) is 4.00. The minimum atomic E-state index is -0.391. The van der Waals surface area contributed by atoms with E-state index in [9.17, 15) is 9.59 Å². The highest BCUT2D eigenvalue weighted by atomic mass is 16.5. The van der Waals surface area contributed by atoms with Crippen LogP contribution in [-0.4, -0.2) is 31.0 Å². The first-order chi connectivity index (χ1) is 13.1. The zero-order chi connectivity index (χ0) is 19.2. The molecular weight excluding hydrogens is 342 g/mol. The molecule has 0 aliphatic carbocycles. The molecule has 0 bridgehead atoms. The Morgan fingerprint density at radius 2 is 1.56 bits per heavy atom. The molecule has 136 valence electrons. The Labute approximate surface area is 157 Å². The summed E-state index contributed by atoms with van der Waals surface area (Å²) in [5, 5.41) is 2.75. The van der Waals surface area contributed by atoms with Gasteiger partial charge in [0.1, 0.15) is 17.1 Å². The molecule has 6 heteroatoms. The second-order valence-electron chi connectivity index (χ2n) is 5.79. The fourth-order valence-corrected chi connectivity index (χ4v) is 2.49. The number of benzene rings is 2. The number of anilines is 2. The number of rotatable bonds is 5. The molecule has 1 aromatic heterocycles. The summed E-state index contributed by atoms with van der Waals surface area (Å²) in [5.41, 5.74) is 1.72. The lowest BCUT2D eigenvalue weighted by Crippen LogP contribution is -2.27. The van der Waals surface area contributed by atoms with Gasteiger partial charge in [0.25, 0.3) is 11.8 Å². The molecule has 0 unspecified atom stereocenters. The van der Waals surface area contributed by atoms with Gasteiger partial charge in [-0.25, -0.2) is 4.98 Å². The van der Waals surface area contributed by atoms with E-state index in [4.69, 9.17) is 4.74 Å². The lowest BCUT2D eigenvalue weighted by atomic mass is 10.2. The van der Waals surface area contributed by atoms with Crippen LogP contribution in [0.15, 0.2) is 72.8 Å². The van der Waals surface area contributed by atoms with Crippen molar-refractivity contribution in [3.8, 4) is 5.75 Å². The van der Waals surface area contributed by atoms with Crippen molar-refractivity contribution in [2.24, 2.45) is 0 Å². The summed E-state index contributed by atoms with van der Waals surface area (Å²) in [5.74, 6) is 0.0140. The van der Waals surface area contributed by atoms with Crippen molar-refractivity contribution in [3.05, 3.63) is 84.2 Å². The van der Waals surface area contributed by atoms with Crippen LogP contribution >= 0.6 is 0 Å². The lowest BCUT2D eigenvalue weighted by Gasteiger charge is -2.17. The molecule has 2 aromatic carbocycles. The van der Waals surface area contributed by atoms with Gasteiger partial charge in [-0.1, -0.05) is 24.3 Å². The number of ether oxygens (including phenoxy) is 1. The van der Waals surface area contributed by atoms with E-state index in [1.165, 1.54) is 4.90 Å². The zero-order valence-electron chi connectivity index (χ0n) is 15.0. The molecule has 3 rings (SSSR count). The van der Waals surface area contributed by atoms with Gasteiger partial charge < -0.3 is 15.0 Å². The maximum absolute atomic E-state index is 12.7. The molecular formula is C21H19N3O3. The molecule has 6 nitrogen and oxygen atoms in total. The fraction of sp³-hybridized carbons (Fsp3) is 0.0952. The first kappa shape index (κ1) is 18.1. The number of carbonyl (C=O) groups is 2. The molecule has 1 N–H and O–H groups in total. The third-order valence-electron chi connectivity index (χ3n) is 4.00. The number of pyridine rings is 1. The summed E-state index contributed by atoms with van der Waals surface area (Å²) in [4.78, 5) is 30.8. The van der Waals surface area contributed by atoms with Gasteiger partial charge >= 0.3 is 0 Å². The van der Waals surface area contributed by atoms with Crippen LogP contribution in [0.4, 0.5) is 11.4 Å². The Bertz CT molecular complexity index is 940. The van der Waals surface area contributed by atoms with Crippen molar-refractivity contribution in [2.75, 3.05) is 24.4 Å². The topological polar surface area (TPSA) is 71.5 Å². The predicted molar refractivity (Wildman–Crippen MR) is 104 cm³/mol. The summed E-state index contributed by atoms with van der Waals surface area (Å²) >= 11 is 0. The largest absolute Gasteiger partial charge is 0.497 e. The summed E-state index contributed by atoms with van der Waals surface area (Å²) in [6.07, 6.45) is 0. The average molecular weight is 361 g/mol. The summed E-state index contributed by atoms with van der Waals surface area (Å²) in [6.45, 7) is 0. The van der Waals surface area contributed by atoms with Gasteiger partial charge in [0, 0.05) is 18.4 Å². The van der Waals surface area contributed by atoms with E-state index in [1.54, 1.807) is 56.6 Å². The molecule has 2 amide bonds. The number of methoxy groups -OCH3 is 1. The average Bonchev–Trinajstić information content (AvgIpc) is 2.74. The molecule has 0 radical (unpaired) electrons. The van der Waals surface area contributed by atoms with E-state index in [2.05, 4.69) is 10.3 Å². The highest BCUT2D eigenvalue weighted by Gasteiger charge is 2.17. The van der Waals surface area contributed by atoms with Gasteiger partial charge in [-0.05, 0) is 48.5 Å². The maximum atomic E-state index is 12.7. The van der Waals surface area contributed by atoms with Crippen molar-refractivity contribution >= 4 is 23.2 Å². The Morgan fingerprint density at radius 3 is 2.22 bits per heavy atom. The minimum Gasteiger partial charge on any atom is -0.497 e. The van der Waals surface area contributed by atoms with Crippen molar-refractivity contribution < 1.29 is 14.3 Å². The second-order valence-corrected chi connectivity index (χ2v) is 5.79. The molecule has 27 heavy (non-hydrogen) atoms. The Morgan fingerprint density at radius 1 is 0.889 bits per heavy atom. The molecule has 0 fully saturated rings. The van der Waals surface area contributed by atoms with Crippen molar-refractivity contribution in [1.82, 2.24) is 4.98 Å². The first-order valence-electron chi connectivity index (χ1n) is 8.34. The van der Waals surface area contributed by atoms with Crippen LogP contribution in [0, 0.1) is 0 Å². The SMILES string of the molecule is COc1ccc(NC(=O)c2cccc(C(=O)N(C)c3ccccc3)n2)cc1. The fourth-order valence-electron chi connectivity index (χ4n) is 2.49. The number of carbonyl (C=O) groups excluding carboxylic acids is 2. The number of amides is 2. The van der Waals surface area contributed by atoms with E-state index in [0.29, 0.717) is 11.4 Å². The summed E-state index contributed by atoms with van der Waals surface area (Å²) < 4.78 is 5.09. The van der Waals surface area contributed by atoms with Gasteiger partial charge in [0.2, 0.25) is 0 Å². The molecule has 0 spiro atoms. The van der Waals surface area contributed by atoms with Crippen molar-refractivity contribution in [2.45, 2.75) is 0 Å². The van der Waals surface area contributed by atoms with E-state index < -0.39 is 5.91 Å². The van der Waals surface area contributed by atoms with Gasteiger partial charge in [0.15, 0.2) is 0 Å². The van der Waals surface area contributed by atoms with E-state index in [0.717, 1.165) is 5.69 Å². The number of aromatic nitrogens is 1. The Kier molecular flexibility index (Phi) is 5.47. The molecule has 1 heterocycles. The van der Waals surface area contributed by atoms with Crippen LogP contribution in [0.1, 0.15) is 21.0 Å². The van der Waals surface area contributed by atoms with Crippen LogP contribution in [-0.2, 0) is 0 Å². The molecule has 0 aliphatic rings. The van der Waals surface area contributed by atoms with E-state index in [-0.39, 0.29) is 17.3 Å². The summed E-state index contributed by atoms with van der Waals surface area (Å²) in [7, 11) is 3.25. The Balaban J connectivity index is 1.76. The predicted octanol–water partition coefficient (Wildman–Crippen LogP) is 3.62. The number of nitrogens with one attached hydrogen (secondary N) is 1. The van der Waals surface area contributed by atoms with Gasteiger partial charge in [0.05, 0.1) is 7.11 Å². The normalized spacial score (nSPS) is 10.1. The van der Waals surface area contributed by atoms with Crippen LogP contribution < -0.4 is 15.0 Å². The highest BCUT2D eigenvalue weighted by Crippen LogP contribution is 2.17. The third kappa shape index (κ3) is 4.30. The lowest BCUT2D eigenvalue weighted by molar-refractivity contribution is 0.0988. The van der Waals surface area contributed by atoms with Crippen LogP contribution in [0.2, 0.25) is 0 Å². The zero-order valence-corrected chi connectivity index (χ0v) is 15.0. The highest BCUT2D eigenvalue weighted by molar-refractivity contribution is 6.07. The number of para-hydroxylation sites is 1. The van der Waals surface area contributed by atoms with Crippen molar-refractivity contribution in [1.29, 1.82) is 0 Å². The van der Waals surface area contributed by atoms with Gasteiger partial charge in [-0.2, -0.15) is 0 Å². The van der Waals surface area contributed by atoms with E-state index in [1.807, 2.05) is 30.3 Å². The molecule has 0 aliphatic heterocycles. The Hall–Kier alpha value is -3.67. The van der Waals surface area contributed by atoms with E-state index >= 15 is 0 Å².